The van der Waals surface area contributed by atoms with Crippen molar-refractivity contribution in [2.75, 3.05) is 12.3 Å². The van der Waals surface area contributed by atoms with Crippen molar-refractivity contribution in [2.45, 2.75) is 24.6 Å². The first-order valence-electron chi connectivity index (χ1n) is 6.47. The number of nitrogen functional groups attached to an aromatic ring is 1. The van der Waals surface area contributed by atoms with Gasteiger partial charge in [0, 0.05) is 19.5 Å². The van der Waals surface area contributed by atoms with Crippen molar-refractivity contribution in [3.63, 3.8) is 0 Å². The summed E-state index contributed by atoms with van der Waals surface area (Å²) in [7, 11) is -4.60. The number of anilines is 1. The molecule has 3 N–H and O–H groups in total. The van der Waals surface area contributed by atoms with E-state index in [1.54, 1.807) is 0 Å². The van der Waals surface area contributed by atoms with E-state index in [-0.39, 0.29) is 11.5 Å². The van der Waals surface area contributed by atoms with Gasteiger partial charge < -0.3 is 14.7 Å². The van der Waals surface area contributed by atoms with E-state index in [1.807, 2.05) is 4.90 Å². The first-order chi connectivity index (χ1) is 10.3. The molecule has 0 bridgehead atoms. The molecule has 0 fully saturated rings. The normalized spacial score (nSPS) is 15.7. The fourth-order valence-electron chi connectivity index (χ4n) is 2.43. The Morgan fingerprint density at radius 1 is 1.45 bits per heavy atom. The molecule has 2 aromatic heterocycles. The fourth-order valence-corrected chi connectivity index (χ4v) is 2.88. The molecule has 0 unspecified atom stereocenters. The number of rotatable bonds is 3. The topological polar surface area (TPSA) is 145 Å². The van der Waals surface area contributed by atoms with Crippen molar-refractivity contribution in [1.29, 1.82) is 0 Å². The van der Waals surface area contributed by atoms with Gasteiger partial charge in [-0.05, 0) is 12.1 Å². The number of hydrogen-bond donors (Lipinski definition) is 2. The van der Waals surface area contributed by atoms with Crippen molar-refractivity contribution in [3.8, 4) is 0 Å². The summed E-state index contributed by atoms with van der Waals surface area (Å²) in [5, 5.41) is -0.604. The third kappa shape index (κ3) is 2.89. The lowest BCUT2D eigenvalue weighted by Crippen LogP contribution is -2.35. The van der Waals surface area contributed by atoms with Crippen molar-refractivity contribution < 1.29 is 17.4 Å². The van der Waals surface area contributed by atoms with Crippen LogP contribution in [0, 0.1) is 0 Å². The van der Waals surface area contributed by atoms with Gasteiger partial charge in [0.2, 0.25) is 11.0 Å². The lowest BCUT2D eigenvalue weighted by molar-refractivity contribution is 0.215. The van der Waals surface area contributed by atoms with Crippen LogP contribution in [0.5, 0.6) is 0 Å². The van der Waals surface area contributed by atoms with E-state index >= 15 is 0 Å². The first kappa shape index (κ1) is 14.8. The Kier molecular flexibility index (Phi) is 3.51. The average Bonchev–Trinajstić information content (AvgIpc) is 2.88. The number of aromatic nitrogens is 2. The minimum atomic E-state index is -4.60. The van der Waals surface area contributed by atoms with Crippen LogP contribution >= 0.6 is 0 Å². The van der Waals surface area contributed by atoms with Crippen LogP contribution in [-0.4, -0.2) is 34.4 Å². The highest BCUT2D eigenvalue weighted by molar-refractivity contribution is 7.85. The quantitative estimate of drug-likeness (QED) is 0.712. The molecule has 3 rings (SSSR count). The monoisotopic (exact) mass is 325 g/mol. The Bertz CT molecular complexity index is 870. The molecule has 0 saturated heterocycles. The molecule has 9 nitrogen and oxygen atoms in total. The van der Waals surface area contributed by atoms with Crippen LogP contribution in [-0.2, 0) is 29.6 Å². The summed E-state index contributed by atoms with van der Waals surface area (Å²) in [6.45, 7) is 1.25. The Hall–Kier alpha value is -2.17. The summed E-state index contributed by atoms with van der Waals surface area (Å²) in [5.74, 6) is 0.436. The van der Waals surface area contributed by atoms with Crippen LogP contribution in [0.25, 0.3) is 0 Å². The van der Waals surface area contributed by atoms with E-state index < -0.39 is 15.2 Å². The Balaban J connectivity index is 1.78. The van der Waals surface area contributed by atoms with Crippen molar-refractivity contribution >= 4 is 16.1 Å². The summed E-state index contributed by atoms with van der Waals surface area (Å²) >= 11 is 0. The molecule has 1 aliphatic rings. The number of hydrogen-bond acceptors (Lipinski definition) is 8. The maximum Gasteiger partial charge on any atom is 0.257 e. The SMILES string of the molecule is Nc1nc2c(c(=O)[nH]1)CN(Cc1ccc(S(=O)(=O)[O-])o1)CC2. The van der Waals surface area contributed by atoms with Gasteiger partial charge in [0.25, 0.3) is 5.56 Å². The zero-order valence-electron chi connectivity index (χ0n) is 11.4. The molecule has 0 aromatic carbocycles. The van der Waals surface area contributed by atoms with Crippen LogP contribution in [0.15, 0.2) is 26.4 Å². The fraction of sp³-hybridized carbons (Fsp3) is 0.333. The molecule has 0 spiro atoms. The Morgan fingerprint density at radius 2 is 2.23 bits per heavy atom. The van der Waals surface area contributed by atoms with Crippen LogP contribution in [0.4, 0.5) is 5.95 Å². The van der Waals surface area contributed by atoms with E-state index in [2.05, 4.69) is 9.97 Å². The van der Waals surface area contributed by atoms with E-state index in [1.165, 1.54) is 6.07 Å². The number of fused-ring (bicyclic) bond motifs is 1. The molecule has 0 amide bonds. The minimum absolute atomic E-state index is 0.0912. The molecule has 2 aromatic rings. The molecule has 0 atom stereocenters. The smallest absolute Gasteiger partial charge is 0.257 e. The summed E-state index contributed by atoms with van der Waals surface area (Å²) in [5.41, 5.74) is 6.42. The number of nitrogens with one attached hydrogen (secondary N) is 1. The lowest BCUT2D eigenvalue weighted by Gasteiger charge is -2.26. The zero-order valence-corrected chi connectivity index (χ0v) is 12.2. The molecular weight excluding hydrogens is 312 g/mol. The average molecular weight is 325 g/mol. The highest BCUT2D eigenvalue weighted by Crippen LogP contribution is 2.19. The van der Waals surface area contributed by atoms with Gasteiger partial charge in [0.15, 0.2) is 10.1 Å². The molecule has 10 heteroatoms. The van der Waals surface area contributed by atoms with Crippen LogP contribution in [0.3, 0.4) is 0 Å². The largest absolute Gasteiger partial charge is 0.742 e. The van der Waals surface area contributed by atoms with Crippen molar-refractivity contribution in [3.05, 3.63) is 39.5 Å². The first-order valence-corrected chi connectivity index (χ1v) is 7.88. The maximum absolute atomic E-state index is 11.9. The molecule has 3 heterocycles. The molecule has 22 heavy (non-hydrogen) atoms. The second kappa shape index (κ2) is 5.23. The zero-order chi connectivity index (χ0) is 15.9. The lowest BCUT2D eigenvalue weighted by atomic mass is 10.1. The third-order valence-electron chi connectivity index (χ3n) is 3.43. The Morgan fingerprint density at radius 3 is 2.91 bits per heavy atom. The molecule has 0 radical (unpaired) electrons. The van der Waals surface area contributed by atoms with E-state index in [0.717, 1.165) is 6.07 Å². The number of nitrogens with zero attached hydrogens (tertiary/aromatic N) is 2. The van der Waals surface area contributed by atoms with E-state index in [9.17, 15) is 17.8 Å². The predicted molar refractivity (Wildman–Crippen MR) is 73.8 cm³/mol. The van der Waals surface area contributed by atoms with E-state index in [4.69, 9.17) is 10.2 Å². The van der Waals surface area contributed by atoms with Crippen molar-refractivity contribution in [2.24, 2.45) is 0 Å². The molecular formula is C12H13N4O5S-. The van der Waals surface area contributed by atoms with Gasteiger partial charge >= 0.3 is 0 Å². The summed E-state index contributed by atoms with van der Waals surface area (Å²) in [6.07, 6.45) is 0.552. The van der Waals surface area contributed by atoms with Crippen molar-refractivity contribution in [1.82, 2.24) is 14.9 Å². The minimum Gasteiger partial charge on any atom is -0.742 e. The third-order valence-corrected chi connectivity index (χ3v) is 4.14. The van der Waals surface area contributed by atoms with Gasteiger partial charge in [0.1, 0.15) is 5.76 Å². The van der Waals surface area contributed by atoms with Crippen LogP contribution < -0.4 is 11.3 Å². The summed E-state index contributed by atoms with van der Waals surface area (Å²) < 4.78 is 37.6. The molecule has 0 aliphatic carbocycles. The summed E-state index contributed by atoms with van der Waals surface area (Å²) in [6, 6.07) is 2.57. The van der Waals surface area contributed by atoms with E-state index in [0.29, 0.717) is 43.1 Å². The van der Waals surface area contributed by atoms with Gasteiger partial charge in [0.05, 0.1) is 17.8 Å². The number of nitrogens with two attached hydrogens (primary N) is 1. The number of furan rings is 1. The highest BCUT2D eigenvalue weighted by atomic mass is 32.2. The predicted octanol–water partition coefficient (Wildman–Crippen LogP) is -0.593. The second-order valence-electron chi connectivity index (χ2n) is 5.01. The van der Waals surface area contributed by atoms with Gasteiger partial charge in [-0.1, -0.05) is 0 Å². The van der Waals surface area contributed by atoms with Gasteiger partial charge in [-0.15, -0.1) is 0 Å². The van der Waals surface area contributed by atoms with Gasteiger partial charge in [-0.25, -0.2) is 13.4 Å². The number of H-pyrrole nitrogens is 1. The second-order valence-corrected chi connectivity index (χ2v) is 6.32. The maximum atomic E-state index is 11.9. The Labute approximate surface area is 125 Å². The summed E-state index contributed by atoms with van der Waals surface area (Å²) in [4.78, 5) is 20.3. The molecule has 0 saturated carbocycles. The molecule has 118 valence electrons. The van der Waals surface area contributed by atoms with Crippen LogP contribution in [0.2, 0.25) is 0 Å². The van der Waals surface area contributed by atoms with Gasteiger partial charge in [-0.2, -0.15) is 0 Å². The van der Waals surface area contributed by atoms with Gasteiger partial charge in [-0.3, -0.25) is 14.7 Å². The standard InChI is InChI=1S/C12H14N4O5S/c13-12-14-9-3-4-16(6-8(9)11(17)15-12)5-7-1-2-10(21-7)22(18,19)20/h1-2H,3-6H2,(H,18,19,20)(H3,13,14,15,17)/p-1. The highest BCUT2D eigenvalue weighted by Gasteiger charge is 2.22. The number of aromatic amines is 1. The molecule has 1 aliphatic heterocycles. The van der Waals surface area contributed by atoms with Crippen LogP contribution in [0.1, 0.15) is 17.0 Å².